The molecule has 3 N–H and O–H groups in total. The summed E-state index contributed by atoms with van der Waals surface area (Å²) in [7, 11) is 0. The van der Waals surface area contributed by atoms with Crippen molar-refractivity contribution in [3.8, 4) is 0 Å². The number of aliphatic hydroxyl groups is 2. The van der Waals surface area contributed by atoms with Gasteiger partial charge in [0.05, 0.1) is 12.2 Å². The van der Waals surface area contributed by atoms with Crippen LogP contribution in [-0.4, -0.2) is 39.3 Å². The molecule has 0 unspecified atom stereocenters. The molecule has 4 aliphatic carbocycles. The van der Waals surface area contributed by atoms with E-state index in [0.29, 0.717) is 24.5 Å². The number of carbonyl (C=O) groups is 2. The van der Waals surface area contributed by atoms with Gasteiger partial charge in [0.25, 0.3) is 0 Å². The maximum Gasteiger partial charge on any atom is 0.303 e. The van der Waals surface area contributed by atoms with Crippen LogP contribution in [0.5, 0.6) is 0 Å². The molecule has 0 aromatic rings. The third-order valence-corrected chi connectivity index (χ3v) is 10.1. The highest BCUT2D eigenvalue weighted by molar-refractivity contribution is 5.87. The van der Waals surface area contributed by atoms with Crippen molar-refractivity contribution in [1.29, 1.82) is 0 Å². The second-order valence-electron chi connectivity index (χ2n) is 11.2. The van der Waals surface area contributed by atoms with Crippen LogP contribution in [-0.2, 0) is 9.59 Å². The Morgan fingerprint density at radius 1 is 1.14 bits per heavy atom. The quantitative estimate of drug-likeness (QED) is 0.662. The van der Waals surface area contributed by atoms with Crippen LogP contribution in [0.4, 0.5) is 0 Å². The molecular formula is C24H38O5. The Labute approximate surface area is 174 Å². The summed E-state index contributed by atoms with van der Waals surface area (Å²) in [4.78, 5) is 24.7. The average Bonchev–Trinajstić information content (AvgIpc) is 3.01. The summed E-state index contributed by atoms with van der Waals surface area (Å²) in [6.45, 7) is 6.54. The Hall–Kier alpha value is -0.940. The van der Waals surface area contributed by atoms with Crippen molar-refractivity contribution in [3.63, 3.8) is 0 Å². The van der Waals surface area contributed by atoms with Gasteiger partial charge in [-0.1, -0.05) is 20.8 Å². The molecule has 5 heteroatoms. The van der Waals surface area contributed by atoms with Gasteiger partial charge in [-0.15, -0.1) is 0 Å². The molecule has 0 spiro atoms. The van der Waals surface area contributed by atoms with Crippen LogP contribution in [0.25, 0.3) is 0 Å². The van der Waals surface area contributed by atoms with E-state index >= 15 is 0 Å². The Morgan fingerprint density at radius 2 is 1.86 bits per heavy atom. The van der Waals surface area contributed by atoms with Crippen molar-refractivity contribution in [2.75, 3.05) is 0 Å². The lowest BCUT2D eigenvalue weighted by Gasteiger charge is -2.61. The van der Waals surface area contributed by atoms with Crippen LogP contribution >= 0.6 is 0 Å². The largest absolute Gasteiger partial charge is 0.481 e. The molecule has 0 amide bonds. The Balaban J connectivity index is 1.62. The maximum atomic E-state index is 13.6. The molecule has 5 nitrogen and oxygen atoms in total. The number of Topliss-reactive ketones (excluding diaryl/α,β-unsaturated/α-hetero) is 1. The van der Waals surface area contributed by atoms with Crippen LogP contribution in [0, 0.1) is 46.3 Å². The van der Waals surface area contributed by atoms with Gasteiger partial charge >= 0.3 is 5.97 Å². The number of hydrogen-bond acceptors (Lipinski definition) is 4. The zero-order valence-corrected chi connectivity index (χ0v) is 18.1. The molecular weight excluding hydrogens is 368 g/mol. The number of carboxylic acid groups (broad SMARTS) is 1. The van der Waals surface area contributed by atoms with Crippen molar-refractivity contribution in [3.05, 3.63) is 0 Å². The summed E-state index contributed by atoms with van der Waals surface area (Å²) < 4.78 is 0. The van der Waals surface area contributed by atoms with E-state index in [-0.39, 0.29) is 47.5 Å². The van der Waals surface area contributed by atoms with Crippen molar-refractivity contribution in [2.24, 2.45) is 46.3 Å². The number of carbonyl (C=O) groups excluding carboxylic acids is 1. The van der Waals surface area contributed by atoms with Gasteiger partial charge in [-0.2, -0.15) is 0 Å². The van der Waals surface area contributed by atoms with Crippen LogP contribution in [0.3, 0.4) is 0 Å². The lowest BCUT2D eigenvalue weighted by Crippen LogP contribution is -2.61. The fraction of sp³-hybridized carbons (Fsp3) is 0.917. The van der Waals surface area contributed by atoms with Gasteiger partial charge in [0.15, 0.2) is 0 Å². The van der Waals surface area contributed by atoms with E-state index < -0.39 is 17.5 Å². The Bertz CT molecular complexity index is 676. The molecule has 0 aliphatic heterocycles. The van der Waals surface area contributed by atoms with Crippen LogP contribution in [0.2, 0.25) is 0 Å². The summed E-state index contributed by atoms with van der Waals surface area (Å²) in [6, 6.07) is 0. The van der Waals surface area contributed by atoms with Crippen molar-refractivity contribution in [1.82, 2.24) is 0 Å². The average molecular weight is 407 g/mol. The molecule has 0 heterocycles. The van der Waals surface area contributed by atoms with Crippen LogP contribution in [0.1, 0.15) is 78.6 Å². The van der Waals surface area contributed by atoms with Gasteiger partial charge in [0, 0.05) is 18.3 Å². The van der Waals surface area contributed by atoms with Gasteiger partial charge in [-0.3, -0.25) is 9.59 Å². The minimum atomic E-state index is -0.771. The molecule has 0 aromatic heterocycles. The Morgan fingerprint density at radius 3 is 2.55 bits per heavy atom. The number of carboxylic acids is 1. The number of aliphatic carboxylic acids is 1. The van der Waals surface area contributed by atoms with Crippen molar-refractivity contribution < 1.29 is 24.9 Å². The van der Waals surface area contributed by atoms with E-state index in [9.17, 15) is 19.8 Å². The first-order valence-corrected chi connectivity index (χ1v) is 11.7. The molecule has 4 rings (SSSR count). The first kappa shape index (κ1) is 21.3. The maximum absolute atomic E-state index is 13.6. The van der Waals surface area contributed by atoms with Gasteiger partial charge in [0.2, 0.25) is 0 Å². The fourth-order valence-corrected chi connectivity index (χ4v) is 8.41. The van der Waals surface area contributed by atoms with Crippen LogP contribution in [0.15, 0.2) is 0 Å². The summed E-state index contributed by atoms with van der Waals surface area (Å²) in [5.41, 5.74) is -0.398. The van der Waals surface area contributed by atoms with E-state index in [0.717, 1.165) is 38.5 Å². The molecule has 0 bridgehead atoms. The predicted octanol–water partition coefficient (Wildman–Crippen LogP) is 3.66. The molecule has 0 radical (unpaired) electrons. The number of hydrogen-bond donors (Lipinski definition) is 3. The number of rotatable bonds is 4. The van der Waals surface area contributed by atoms with E-state index in [2.05, 4.69) is 20.8 Å². The standard InChI is InChI=1S/C24H38O5/c1-13(4-7-21(28)29)16-5-6-17-22-18(12-20(27)24(16,17)3)23(2)9-8-15(25)10-14(23)11-19(22)26/h13-19,22,25-26H,4-12H2,1-3H3,(H,28,29)/t13-,14-,15+,16+,17-,18-,19-,22-,23+,24+/m1/s1. The molecule has 0 saturated heterocycles. The molecule has 4 fully saturated rings. The highest BCUT2D eigenvalue weighted by Crippen LogP contribution is 2.67. The zero-order chi connectivity index (χ0) is 21.1. The van der Waals surface area contributed by atoms with Crippen molar-refractivity contribution in [2.45, 2.75) is 90.8 Å². The zero-order valence-electron chi connectivity index (χ0n) is 18.1. The van der Waals surface area contributed by atoms with E-state index in [1.807, 2.05) is 0 Å². The second-order valence-corrected chi connectivity index (χ2v) is 11.2. The van der Waals surface area contributed by atoms with Gasteiger partial charge in [-0.05, 0) is 85.9 Å². The first-order chi connectivity index (χ1) is 13.6. The van der Waals surface area contributed by atoms with Gasteiger partial charge < -0.3 is 15.3 Å². The molecule has 29 heavy (non-hydrogen) atoms. The van der Waals surface area contributed by atoms with Gasteiger partial charge in [-0.25, -0.2) is 0 Å². The smallest absolute Gasteiger partial charge is 0.303 e. The van der Waals surface area contributed by atoms with E-state index in [4.69, 9.17) is 5.11 Å². The summed E-state index contributed by atoms with van der Waals surface area (Å²) in [5, 5.41) is 30.5. The highest BCUT2D eigenvalue weighted by atomic mass is 16.4. The topological polar surface area (TPSA) is 94.8 Å². The molecule has 4 aliphatic rings. The molecule has 4 saturated carbocycles. The number of aliphatic hydroxyl groups excluding tert-OH is 2. The predicted molar refractivity (Wildman–Crippen MR) is 109 cm³/mol. The van der Waals surface area contributed by atoms with Crippen molar-refractivity contribution >= 4 is 11.8 Å². The van der Waals surface area contributed by atoms with Gasteiger partial charge in [0.1, 0.15) is 5.78 Å². The molecule has 0 aromatic carbocycles. The minimum absolute atomic E-state index is 0.0348. The molecule has 164 valence electrons. The summed E-state index contributed by atoms with van der Waals surface area (Å²) in [5.74, 6) is 0.855. The lowest BCUT2D eigenvalue weighted by molar-refractivity contribution is -0.181. The Kier molecular flexibility index (Phi) is 5.39. The third kappa shape index (κ3) is 3.18. The lowest BCUT2D eigenvalue weighted by atomic mass is 9.43. The number of ketones is 1. The van der Waals surface area contributed by atoms with E-state index in [1.165, 1.54) is 0 Å². The van der Waals surface area contributed by atoms with E-state index in [1.54, 1.807) is 0 Å². The monoisotopic (exact) mass is 406 g/mol. The fourth-order valence-electron chi connectivity index (χ4n) is 8.41. The molecule has 10 atom stereocenters. The second kappa shape index (κ2) is 7.33. The van der Waals surface area contributed by atoms with Crippen LogP contribution < -0.4 is 0 Å². The third-order valence-electron chi connectivity index (χ3n) is 10.1. The highest BCUT2D eigenvalue weighted by Gasteiger charge is 2.65. The normalized spacial score (nSPS) is 50.4. The number of fused-ring (bicyclic) bond motifs is 5. The SMILES string of the molecule is C[C@H](CCC(=O)O)[C@@H]1CC[C@@H]2[C@H]3[C@H](O)C[C@H]4C[C@@H](O)CC[C@]4(C)[C@@H]3CC(=O)[C@]21C. The summed E-state index contributed by atoms with van der Waals surface area (Å²) in [6.07, 6.45) is 5.82. The minimum Gasteiger partial charge on any atom is -0.481 e. The first-order valence-electron chi connectivity index (χ1n) is 11.7. The summed E-state index contributed by atoms with van der Waals surface area (Å²) >= 11 is 0.